The molecule has 0 bridgehead atoms. The lowest BCUT2D eigenvalue weighted by atomic mass is 10.4. The Morgan fingerprint density at radius 2 is 1.66 bits per heavy atom. The molecule has 1 saturated heterocycles. The van der Waals surface area contributed by atoms with Crippen molar-refractivity contribution < 1.29 is 21.6 Å². The van der Waals surface area contributed by atoms with Gasteiger partial charge in [0.2, 0.25) is 10.0 Å². The number of aromatic nitrogens is 1. The number of hydrogen-bond donors (Lipinski definition) is 1. The summed E-state index contributed by atoms with van der Waals surface area (Å²) in [6.07, 6.45) is 0. The summed E-state index contributed by atoms with van der Waals surface area (Å²) < 4.78 is 60.1. The van der Waals surface area contributed by atoms with E-state index in [1.54, 1.807) is 43.3 Å². The number of hydrogen-bond acceptors (Lipinski definition) is 7. The van der Waals surface area contributed by atoms with Crippen molar-refractivity contribution in [2.45, 2.75) is 26.5 Å². The Hall–Kier alpha value is -1.86. The first-order valence-electron chi connectivity index (χ1n) is 10.4. The zero-order valence-corrected chi connectivity index (χ0v) is 22.4. The molecule has 1 aliphatic heterocycles. The predicted molar refractivity (Wildman–Crippen MR) is 136 cm³/mol. The Morgan fingerprint density at radius 3 is 2.29 bits per heavy atom. The van der Waals surface area contributed by atoms with Crippen LogP contribution in [0, 0.1) is 6.92 Å². The standard InChI is InChI=1S/C22H21Cl2N3O5S3/c1-15-20(7-9-22(25-15)26-34(28,29)21-8-2-16(23)14-19(21)24)33-17-3-5-18(6-4-17)35(30,31)27-10-12-32-13-11-27/h2-9,14H,10-13H2,1H3,(H,25,26). The third kappa shape index (κ3) is 6.11. The van der Waals surface area contributed by atoms with E-state index in [2.05, 4.69) is 9.71 Å². The second-order valence-corrected chi connectivity index (χ2v) is 13.1. The number of benzene rings is 2. The fraction of sp³-hybridized carbons (Fsp3) is 0.227. The second kappa shape index (κ2) is 10.6. The maximum atomic E-state index is 12.8. The molecule has 0 amide bonds. The molecule has 4 rings (SSSR count). The van der Waals surface area contributed by atoms with Crippen LogP contribution in [-0.2, 0) is 24.8 Å². The van der Waals surface area contributed by atoms with Crippen LogP contribution in [0.1, 0.15) is 5.69 Å². The fourth-order valence-corrected chi connectivity index (χ4v) is 7.38. The summed E-state index contributed by atoms with van der Waals surface area (Å²) in [6.45, 7) is 3.21. The SMILES string of the molecule is Cc1nc(NS(=O)(=O)c2ccc(Cl)cc2Cl)ccc1Sc1ccc(S(=O)(=O)N2CCOCC2)cc1. The zero-order chi connectivity index (χ0) is 25.2. The molecule has 0 radical (unpaired) electrons. The Balaban J connectivity index is 1.47. The van der Waals surface area contributed by atoms with Gasteiger partial charge in [0.25, 0.3) is 10.0 Å². The number of ether oxygens (including phenoxy) is 1. The molecular formula is C22H21Cl2N3O5S3. The number of rotatable bonds is 7. The molecule has 0 aliphatic carbocycles. The minimum atomic E-state index is -3.96. The summed E-state index contributed by atoms with van der Waals surface area (Å²) >= 11 is 13.3. The minimum absolute atomic E-state index is 0.00739. The zero-order valence-electron chi connectivity index (χ0n) is 18.4. The van der Waals surface area contributed by atoms with E-state index in [9.17, 15) is 16.8 Å². The van der Waals surface area contributed by atoms with Crippen LogP contribution in [0.25, 0.3) is 0 Å². The second-order valence-electron chi connectivity index (χ2n) is 7.55. The van der Waals surface area contributed by atoms with Crippen LogP contribution in [0.15, 0.2) is 74.2 Å². The fourth-order valence-electron chi connectivity index (χ4n) is 3.34. The molecule has 35 heavy (non-hydrogen) atoms. The van der Waals surface area contributed by atoms with Crippen molar-refractivity contribution in [1.82, 2.24) is 9.29 Å². The first-order chi connectivity index (χ1) is 16.6. The average Bonchev–Trinajstić information content (AvgIpc) is 2.81. The first kappa shape index (κ1) is 26.2. The quantitative estimate of drug-likeness (QED) is 0.437. The third-order valence-electron chi connectivity index (χ3n) is 5.12. The van der Waals surface area contributed by atoms with Gasteiger partial charge in [0, 0.05) is 27.9 Å². The number of morpholine rings is 1. The topological polar surface area (TPSA) is 106 Å². The summed E-state index contributed by atoms with van der Waals surface area (Å²) in [6, 6.07) is 14.0. The van der Waals surface area contributed by atoms with Crippen molar-refractivity contribution in [1.29, 1.82) is 0 Å². The number of pyridine rings is 1. The van der Waals surface area contributed by atoms with Crippen molar-refractivity contribution in [2.75, 3.05) is 31.0 Å². The monoisotopic (exact) mass is 573 g/mol. The average molecular weight is 575 g/mol. The van der Waals surface area contributed by atoms with Crippen LogP contribution >= 0.6 is 35.0 Å². The number of aryl methyl sites for hydroxylation is 1. The van der Waals surface area contributed by atoms with Gasteiger partial charge in [-0.1, -0.05) is 35.0 Å². The maximum Gasteiger partial charge on any atom is 0.264 e. The Kier molecular flexibility index (Phi) is 7.96. The highest BCUT2D eigenvalue weighted by Crippen LogP contribution is 2.32. The molecular weight excluding hydrogens is 553 g/mol. The summed E-state index contributed by atoms with van der Waals surface area (Å²) in [7, 11) is -7.52. The molecule has 0 unspecified atom stereocenters. The summed E-state index contributed by atoms with van der Waals surface area (Å²) in [5, 5.41) is 0.337. The van der Waals surface area contributed by atoms with Gasteiger partial charge in [0.05, 0.1) is 28.8 Å². The molecule has 1 fully saturated rings. The van der Waals surface area contributed by atoms with Crippen molar-refractivity contribution >= 4 is 60.8 Å². The summed E-state index contributed by atoms with van der Waals surface area (Å²) in [5.41, 5.74) is 0.599. The molecule has 2 aromatic carbocycles. The molecule has 0 saturated carbocycles. The van der Waals surface area contributed by atoms with Gasteiger partial charge in [-0.05, 0) is 61.5 Å². The van der Waals surface area contributed by atoms with Gasteiger partial charge in [-0.3, -0.25) is 4.72 Å². The maximum absolute atomic E-state index is 12.8. The lowest BCUT2D eigenvalue weighted by Crippen LogP contribution is -2.40. The van der Waals surface area contributed by atoms with Crippen LogP contribution in [0.5, 0.6) is 0 Å². The van der Waals surface area contributed by atoms with Gasteiger partial charge in [-0.2, -0.15) is 4.31 Å². The molecule has 13 heteroatoms. The van der Waals surface area contributed by atoms with Crippen molar-refractivity contribution in [3.63, 3.8) is 0 Å². The van der Waals surface area contributed by atoms with Crippen LogP contribution < -0.4 is 4.72 Å². The molecule has 3 aromatic rings. The van der Waals surface area contributed by atoms with E-state index in [-0.39, 0.29) is 20.6 Å². The molecule has 1 N–H and O–H groups in total. The normalized spacial score (nSPS) is 15.2. The van der Waals surface area contributed by atoms with Crippen molar-refractivity contribution in [3.8, 4) is 0 Å². The van der Waals surface area contributed by atoms with Gasteiger partial charge < -0.3 is 4.74 Å². The van der Waals surface area contributed by atoms with E-state index < -0.39 is 20.0 Å². The van der Waals surface area contributed by atoms with Crippen LogP contribution in [0.2, 0.25) is 10.0 Å². The molecule has 1 aliphatic rings. The van der Waals surface area contributed by atoms with E-state index in [0.717, 1.165) is 9.79 Å². The van der Waals surface area contributed by atoms with E-state index >= 15 is 0 Å². The van der Waals surface area contributed by atoms with Crippen molar-refractivity contribution in [2.24, 2.45) is 0 Å². The molecule has 2 heterocycles. The third-order valence-corrected chi connectivity index (χ3v) is 10.3. The Labute approximate surface area is 218 Å². The molecule has 0 spiro atoms. The van der Waals surface area contributed by atoms with Gasteiger partial charge >= 0.3 is 0 Å². The van der Waals surface area contributed by atoms with E-state index in [0.29, 0.717) is 37.0 Å². The van der Waals surface area contributed by atoms with Crippen molar-refractivity contribution in [3.05, 3.63) is 70.3 Å². The number of nitrogens with zero attached hydrogens (tertiary/aromatic N) is 2. The van der Waals surface area contributed by atoms with Crippen LogP contribution in [0.3, 0.4) is 0 Å². The van der Waals surface area contributed by atoms with Crippen LogP contribution in [0.4, 0.5) is 5.82 Å². The van der Waals surface area contributed by atoms with E-state index in [1.807, 2.05) is 0 Å². The summed E-state index contributed by atoms with van der Waals surface area (Å²) in [4.78, 5) is 6.08. The Bertz CT molecular complexity index is 1440. The number of anilines is 1. The summed E-state index contributed by atoms with van der Waals surface area (Å²) in [5.74, 6) is 0.143. The highest BCUT2D eigenvalue weighted by molar-refractivity contribution is 7.99. The van der Waals surface area contributed by atoms with E-state index in [4.69, 9.17) is 27.9 Å². The predicted octanol–water partition coefficient (Wildman–Crippen LogP) is 4.67. The van der Waals surface area contributed by atoms with Gasteiger partial charge in [0.15, 0.2) is 0 Å². The Morgan fingerprint density at radius 1 is 0.971 bits per heavy atom. The lowest BCUT2D eigenvalue weighted by Gasteiger charge is -2.26. The smallest absolute Gasteiger partial charge is 0.264 e. The van der Waals surface area contributed by atoms with Gasteiger partial charge in [-0.15, -0.1) is 0 Å². The largest absolute Gasteiger partial charge is 0.379 e. The lowest BCUT2D eigenvalue weighted by molar-refractivity contribution is 0.0730. The van der Waals surface area contributed by atoms with Gasteiger partial charge in [0.1, 0.15) is 10.7 Å². The molecule has 8 nitrogen and oxygen atoms in total. The highest BCUT2D eigenvalue weighted by atomic mass is 35.5. The van der Waals surface area contributed by atoms with E-state index in [1.165, 1.54) is 34.3 Å². The molecule has 0 atom stereocenters. The molecule has 1 aromatic heterocycles. The number of sulfonamides is 2. The number of halogens is 2. The first-order valence-corrected chi connectivity index (χ1v) is 14.9. The van der Waals surface area contributed by atoms with Gasteiger partial charge in [-0.25, -0.2) is 21.8 Å². The number of nitrogens with one attached hydrogen (secondary N) is 1. The highest BCUT2D eigenvalue weighted by Gasteiger charge is 2.26. The minimum Gasteiger partial charge on any atom is -0.379 e. The van der Waals surface area contributed by atoms with Crippen LogP contribution in [-0.4, -0.2) is 52.4 Å². The molecule has 186 valence electrons.